The first-order valence-electron chi connectivity index (χ1n) is 7.14. The largest absolute Gasteiger partial charge is 0.423 e. The summed E-state index contributed by atoms with van der Waals surface area (Å²) in [5.74, 6) is 0. The maximum absolute atomic E-state index is 11.1. The van der Waals surface area contributed by atoms with E-state index in [0.717, 1.165) is 25.8 Å². The average molecular weight is 290 g/mol. The zero-order valence-corrected chi connectivity index (χ0v) is 11.9. The van der Waals surface area contributed by atoms with Crippen molar-refractivity contribution in [3.63, 3.8) is 0 Å². The minimum Gasteiger partial charge on any atom is -0.423 e. The maximum Gasteiger partial charge on any atom is 0.298 e. The summed E-state index contributed by atoms with van der Waals surface area (Å²) in [6.07, 6.45) is 3.16. The summed E-state index contributed by atoms with van der Waals surface area (Å²) in [6, 6.07) is 5.33. The van der Waals surface area contributed by atoms with Gasteiger partial charge < -0.3 is 15.1 Å². The highest BCUT2D eigenvalue weighted by Crippen LogP contribution is 2.32. The molecule has 0 aliphatic carbocycles. The summed E-state index contributed by atoms with van der Waals surface area (Å²) in [7, 11) is 0. The molecule has 2 unspecified atom stereocenters. The predicted molar refractivity (Wildman–Crippen MR) is 79.3 cm³/mol. The summed E-state index contributed by atoms with van der Waals surface area (Å²) in [5, 5.41) is 11.1. The second kappa shape index (κ2) is 5.33. The molecule has 7 heteroatoms. The molecule has 1 saturated heterocycles. The molecule has 2 atom stereocenters. The highest BCUT2D eigenvalue weighted by molar-refractivity contribution is 5.84. The first-order valence-corrected chi connectivity index (χ1v) is 7.14. The molecule has 0 saturated carbocycles. The van der Waals surface area contributed by atoms with E-state index in [-0.39, 0.29) is 17.8 Å². The van der Waals surface area contributed by atoms with Gasteiger partial charge in [-0.3, -0.25) is 10.1 Å². The molecule has 2 heterocycles. The molecule has 1 aromatic carbocycles. The fourth-order valence-electron chi connectivity index (χ4n) is 2.93. The number of nitrogens with two attached hydrogens (primary N) is 1. The van der Waals surface area contributed by atoms with Crippen molar-refractivity contribution in [2.75, 3.05) is 11.4 Å². The number of oxazole rings is 1. The van der Waals surface area contributed by atoms with Crippen LogP contribution < -0.4 is 10.6 Å². The third kappa shape index (κ3) is 2.44. The van der Waals surface area contributed by atoms with Crippen LogP contribution in [0.2, 0.25) is 0 Å². The Morgan fingerprint density at radius 1 is 1.52 bits per heavy atom. The Morgan fingerprint density at radius 3 is 3.05 bits per heavy atom. The van der Waals surface area contributed by atoms with Gasteiger partial charge in [0, 0.05) is 24.7 Å². The van der Waals surface area contributed by atoms with Crippen molar-refractivity contribution >= 4 is 22.8 Å². The molecule has 1 aliphatic heterocycles. The molecule has 1 aliphatic rings. The van der Waals surface area contributed by atoms with Crippen molar-refractivity contribution in [1.29, 1.82) is 0 Å². The Labute approximate surface area is 121 Å². The van der Waals surface area contributed by atoms with Crippen LogP contribution in [0.1, 0.15) is 26.2 Å². The fourth-order valence-corrected chi connectivity index (χ4v) is 2.93. The standard InChI is InChI=1S/C14H18N4O3/c1-9(15)10-5-2-3-8-17(10)14-16-13-11(18(19)20)6-4-7-12(13)21-14/h4,6-7,9-10H,2-3,5,8,15H2,1H3. The van der Waals surface area contributed by atoms with Gasteiger partial charge in [-0.15, -0.1) is 0 Å². The van der Waals surface area contributed by atoms with E-state index in [2.05, 4.69) is 4.98 Å². The molecule has 2 N–H and O–H groups in total. The van der Waals surface area contributed by atoms with Gasteiger partial charge in [0.15, 0.2) is 11.1 Å². The van der Waals surface area contributed by atoms with Gasteiger partial charge in [0.2, 0.25) is 0 Å². The lowest BCUT2D eigenvalue weighted by Gasteiger charge is -2.36. The zero-order chi connectivity index (χ0) is 15.0. The van der Waals surface area contributed by atoms with E-state index in [1.807, 2.05) is 11.8 Å². The molecule has 112 valence electrons. The topological polar surface area (TPSA) is 98.4 Å². The quantitative estimate of drug-likeness (QED) is 0.688. The summed E-state index contributed by atoms with van der Waals surface area (Å²) >= 11 is 0. The Kier molecular flexibility index (Phi) is 3.50. The smallest absolute Gasteiger partial charge is 0.298 e. The lowest BCUT2D eigenvalue weighted by molar-refractivity contribution is -0.383. The van der Waals surface area contributed by atoms with E-state index in [4.69, 9.17) is 10.2 Å². The minimum atomic E-state index is -0.437. The monoisotopic (exact) mass is 290 g/mol. The number of benzene rings is 1. The van der Waals surface area contributed by atoms with Gasteiger partial charge in [0.25, 0.3) is 11.7 Å². The Bertz CT molecular complexity index is 667. The van der Waals surface area contributed by atoms with Crippen LogP contribution in [-0.4, -0.2) is 28.5 Å². The van der Waals surface area contributed by atoms with Crippen molar-refractivity contribution in [2.45, 2.75) is 38.3 Å². The van der Waals surface area contributed by atoms with E-state index in [1.54, 1.807) is 12.1 Å². The predicted octanol–water partition coefficient (Wildman–Crippen LogP) is 2.44. The number of piperidine rings is 1. The van der Waals surface area contributed by atoms with Crippen LogP contribution in [0.5, 0.6) is 0 Å². The van der Waals surface area contributed by atoms with Crippen molar-refractivity contribution in [1.82, 2.24) is 4.98 Å². The van der Waals surface area contributed by atoms with E-state index in [9.17, 15) is 10.1 Å². The van der Waals surface area contributed by atoms with Crippen molar-refractivity contribution in [3.05, 3.63) is 28.3 Å². The molecular formula is C14H18N4O3. The van der Waals surface area contributed by atoms with Gasteiger partial charge in [-0.1, -0.05) is 6.07 Å². The van der Waals surface area contributed by atoms with Gasteiger partial charge in [0.05, 0.1) is 4.92 Å². The Balaban J connectivity index is 2.04. The fraction of sp³-hybridized carbons (Fsp3) is 0.500. The molecule has 0 radical (unpaired) electrons. The van der Waals surface area contributed by atoms with Crippen LogP contribution in [0.15, 0.2) is 22.6 Å². The van der Waals surface area contributed by atoms with Crippen LogP contribution in [0.4, 0.5) is 11.7 Å². The number of hydrogen-bond acceptors (Lipinski definition) is 6. The van der Waals surface area contributed by atoms with Gasteiger partial charge >= 0.3 is 0 Å². The molecule has 0 bridgehead atoms. The van der Waals surface area contributed by atoms with Crippen LogP contribution in [0, 0.1) is 10.1 Å². The number of fused-ring (bicyclic) bond motifs is 1. The number of nitro groups is 1. The molecule has 3 rings (SSSR count). The van der Waals surface area contributed by atoms with Crippen LogP contribution in [-0.2, 0) is 0 Å². The number of nitro benzene ring substituents is 1. The van der Waals surface area contributed by atoms with E-state index in [0.29, 0.717) is 17.1 Å². The molecule has 7 nitrogen and oxygen atoms in total. The Hall–Kier alpha value is -2.15. The summed E-state index contributed by atoms with van der Waals surface area (Å²) < 4.78 is 5.73. The van der Waals surface area contributed by atoms with Gasteiger partial charge in [0.1, 0.15) is 0 Å². The van der Waals surface area contributed by atoms with E-state index in [1.165, 1.54) is 6.07 Å². The number of nitrogens with zero attached hydrogens (tertiary/aromatic N) is 3. The van der Waals surface area contributed by atoms with Crippen molar-refractivity contribution in [2.24, 2.45) is 5.73 Å². The highest BCUT2D eigenvalue weighted by atomic mass is 16.6. The molecule has 1 fully saturated rings. The maximum atomic E-state index is 11.1. The zero-order valence-electron chi connectivity index (χ0n) is 11.9. The second-order valence-electron chi connectivity index (χ2n) is 5.49. The van der Waals surface area contributed by atoms with Crippen molar-refractivity contribution < 1.29 is 9.34 Å². The molecular weight excluding hydrogens is 272 g/mol. The third-order valence-corrected chi connectivity index (χ3v) is 3.98. The number of aromatic nitrogens is 1. The van der Waals surface area contributed by atoms with Crippen LogP contribution in [0.3, 0.4) is 0 Å². The summed E-state index contributed by atoms with van der Waals surface area (Å²) in [6.45, 7) is 2.78. The number of para-hydroxylation sites is 1. The highest BCUT2D eigenvalue weighted by Gasteiger charge is 2.30. The number of rotatable bonds is 3. The first kappa shape index (κ1) is 13.8. The van der Waals surface area contributed by atoms with Gasteiger partial charge in [-0.25, -0.2) is 0 Å². The van der Waals surface area contributed by atoms with Crippen LogP contribution >= 0.6 is 0 Å². The lowest BCUT2D eigenvalue weighted by atomic mass is 9.97. The number of anilines is 1. The minimum absolute atomic E-state index is 0.00435. The van der Waals surface area contributed by atoms with Gasteiger partial charge in [-0.2, -0.15) is 4.98 Å². The number of non-ortho nitro benzene ring substituents is 1. The molecule has 0 spiro atoms. The third-order valence-electron chi connectivity index (χ3n) is 3.98. The van der Waals surface area contributed by atoms with E-state index >= 15 is 0 Å². The van der Waals surface area contributed by atoms with Crippen LogP contribution in [0.25, 0.3) is 11.1 Å². The molecule has 2 aromatic rings. The SMILES string of the molecule is CC(N)C1CCCCN1c1nc2c([N+](=O)[O-])cccc2o1. The average Bonchev–Trinajstić information content (AvgIpc) is 2.90. The normalized spacial score (nSPS) is 20.7. The summed E-state index contributed by atoms with van der Waals surface area (Å²) in [5.41, 5.74) is 6.75. The first-order chi connectivity index (χ1) is 10.1. The molecule has 21 heavy (non-hydrogen) atoms. The van der Waals surface area contributed by atoms with E-state index < -0.39 is 4.92 Å². The van der Waals surface area contributed by atoms with Crippen molar-refractivity contribution in [3.8, 4) is 0 Å². The second-order valence-corrected chi connectivity index (χ2v) is 5.49. The summed E-state index contributed by atoms with van der Waals surface area (Å²) in [4.78, 5) is 17.0. The molecule has 1 aromatic heterocycles. The Morgan fingerprint density at radius 2 is 2.33 bits per heavy atom. The molecule has 0 amide bonds. The lowest BCUT2D eigenvalue weighted by Crippen LogP contribution is -2.49. The number of hydrogen-bond donors (Lipinski definition) is 1. The van der Waals surface area contributed by atoms with Gasteiger partial charge in [-0.05, 0) is 32.3 Å².